The number of hydrogen-bond acceptors (Lipinski definition) is 2. The SMILES string of the molecule is C[C@H]1CCCC[C@@H]1NC(=O)/C(C#N)=C\c1ccc(Cl)cc1Cl. The van der Waals surface area contributed by atoms with Crippen LogP contribution in [0.4, 0.5) is 0 Å². The van der Waals surface area contributed by atoms with Crippen LogP contribution in [0.5, 0.6) is 0 Å². The Kier molecular flexibility index (Phi) is 5.88. The lowest BCUT2D eigenvalue weighted by molar-refractivity contribution is -0.118. The van der Waals surface area contributed by atoms with Gasteiger partial charge >= 0.3 is 0 Å². The van der Waals surface area contributed by atoms with E-state index >= 15 is 0 Å². The largest absolute Gasteiger partial charge is 0.348 e. The van der Waals surface area contributed by atoms with Gasteiger partial charge in [-0.05, 0) is 42.5 Å². The summed E-state index contributed by atoms with van der Waals surface area (Å²) in [6.07, 6.45) is 5.90. The van der Waals surface area contributed by atoms with E-state index < -0.39 is 0 Å². The minimum Gasteiger partial charge on any atom is -0.348 e. The van der Waals surface area contributed by atoms with Crippen molar-refractivity contribution in [2.24, 2.45) is 5.92 Å². The molecule has 1 aliphatic carbocycles. The summed E-state index contributed by atoms with van der Waals surface area (Å²) < 4.78 is 0. The van der Waals surface area contributed by atoms with Crippen molar-refractivity contribution < 1.29 is 4.79 Å². The summed E-state index contributed by atoms with van der Waals surface area (Å²) in [5, 5.41) is 13.2. The van der Waals surface area contributed by atoms with Crippen molar-refractivity contribution in [2.45, 2.75) is 38.6 Å². The minimum absolute atomic E-state index is 0.0574. The van der Waals surface area contributed by atoms with Crippen LogP contribution < -0.4 is 5.32 Å². The van der Waals surface area contributed by atoms with Gasteiger partial charge in [0.1, 0.15) is 11.6 Å². The monoisotopic (exact) mass is 336 g/mol. The standard InChI is InChI=1S/C17H18Cl2N2O/c1-11-4-2-3-5-16(11)21-17(22)13(10-20)8-12-6-7-14(18)9-15(12)19/h6-9,11,16H,2-5H2,1H3,(H,21,22)/b13-8-/t11-,16-/m0/s1. The van der Waals surface area contributed by atoms with Gasteiger partial charge in [-0.3, -0.25) is 4.79 Å². The molecule has 2 atom stereocenters. The predicted molar refractivity (Wildman–Crippen MR) is 89.6 cm³/mol. The quantitative estimate of drug-likeness (QED) is 0.648. The molecule has 3 nitrogen and oxygen atoms in total. The summed E-state index contributed by atoms with van der Waals surface area (Å²) in [6.45, 7) is 2.13. The molecule has 0 unspecified atom stereocenters. The molecule has 1 saturated carbocycles. The average Bonchev–Trinajstić information content (AvgIpc) is 2.49. The summed E-state index contributed by atoms with van der Waals surface area (Å²) >= 11 is 11.9. The number of amides is 1. The first kappa shape index (κ1) is 16.9. The van der Waals surface area contributed by atoms with Crippen molar-refractivity contribution in [3.63, 3.8) is 0 Å². The number of carbonyl (C=O) groups excluding carboxylic acids is 1. The second-order valence-electron chi connectivity index (χ2n) is 5.68. The molecule has 1 amide bonds. The second-order valence-corrected chi connectivity index (χ2v) is 6.52. The third-order valence-electron chi connectivity index (χ3n) is 4.06. The fourth-order valence-electron chi connectivity index (χ4n) is 2.70. The summed E-state index contributed by atoms with van der Waals surface area (Å²) in [7, 11) is 0. The third kappa shape index (κ3) is 4.25. The van der Waals surface area contributed by atoms with Gasteiger partial charge in [-0.25, -0.2) is 0 Å². The highest BCUT2D eigenvalue weighted by Crippen LogP contribution is 2.25. The number of rotatable bonds is 3. The van der Waals surface area contributed by atoms with E-state index in [4.69, 9.17) is 23.2 Å². The molecule has 1 aromatic rings. The summed E-state index contributed by atoms with van der Waals surface area (Å²) in [5.41, 5.74) is 0.663. The zero-order chi connectivity index (χ0) is 16.1. The van der Waals surface area contributed by atoms with Crippen LogP contribution in [0.15, 0.2) is 23.8 Å². The van der Waals surface area contributed by atoms with Crippen LogP contribution in [0.25, 0.3) is 6.08 Å². The van der Waals surface area contributed by atoms with Gasteiger partial charge in [-0.15, -0.1) is 0 Å². The van der Waals surface area contributed by atoms with Gasteiger partial charge in [0.2, 0.25) is 0 Å². The van der Waals surface area contributed by atoms with Crippen LogP contribution >= 0.6 is 23.2 Å². The zero-order valence-electron chi connectivity index (χ0n) is 12.4. The van der Waals surface area contributed by atoms with Crippen LogP contribution in [-0.2, 0) is 4.79 Å². The normalized spacial score (nSPS) is 22.0. The lowest BCUT2D eigenvalue weighted by Gasteiger charge is -2.29. The van der Waals surface area contributed by atoms with Crippen molar-refractivity contribution >= 4 is 35.2 Å². The maximum Gasteiger partial charge on any atom is 0.262 e. The Balaban J connectivity index is 2.15. The van der Waals surface area contributed by atoms with Gasteiger partial charge in [0.15, 0.2) is 0 Å². The van der Waals surface area contributed by atoms with Crippen LogP contribution in [0, 0.1) is 17.2 Å². The first-order valence-electron chi connectivity index (χ1n) is 7.39. The van der Waals surface area contributed by atoms with Gasteiger partial charge in [0.25, 0.3) is 5.91 Å². The van der Waals surface area contributed by atoms with E-state index in [1.54, 1.807) is 18.2 Å². The van der Waals surface area contributed by atoms with Gasteiger partial charge in [-0.2, -0.15) is 5.26 Å². The fraction of sp³-hybridized carbons (Fsp3) is 0.412. The molecule has 5 heteroatoms. The molecule has 116 valence electrons. The lowest BCUT2D eigenvalue weighted by Crippen LogP contribution is -2.41. The van der Waals surface area contributed by atoms with Crippen LogP contribution in [0.2, 0.25) is 10.0 Å². The molecule has 1 N–H and O–H groups in total. The second kappa shape index (κ2) is 7.67. The highest BCUT2D eigenvalue weighted by molar-refractivity contribution is 6.35. The molecule has 0 spiro atoms. The Bertz CT molecular complexity index is 634. The van der Waals surface area contributed by atoms with Crippen LogP contribution in [0.3, 0.4) is 0 Å². The maximum absolute atomic E-state index is 12.3. The lowest BCUT2D eigenvalue weighted by atomic mass is 9.86. The number of nitrogens with zero attached hydrogens (tertiary/aromatic N) is 1. The smallest absolute Gasteiger partial charge is 0.262 e. The topological polar surface area (TPSA) is 52.9 Å². The Morgan fingerprint density at radius 2 is 2.09 bits per heavy atom. The third-order valence-corrected chi connectivity index (χ3v) is 4.62. The molecule has 0 aliphatic heterocycles. The highest BCUT2D eigenvalue weighted by Gasteiger charge is 2.24. The van der Waals surface area contributed by atoms with Crippen molar-refractivity contribution in [1.82, 2.24) is 5.32 Å². The maximum atomic E-state index is 12.3. The van der Waals surface area contributed by atoms with Crippen molar-refractivity contribution in [1.29, 1.82) is 5.26 Å². The first-order chi connectivity index (χ1) is 10.5. The molecular formula is C17H18Cl2N2O. The van der Waals surface area contributed by atoms with Gasteiger partial charge in [-0.1, -0.05) is 49.0 Å². The van der Waals surface area contributed by atoms with E-state index in [2.05, 4.69) is 12.2 Å². The number of hydrogen-bond donors (Lipinski definition) is 1. The van der Waals surface area contributed by atoms with E-state index in [0.29, 0.717) is 21.5 Å². The summed E-state index contributed by atoms with van der Waals surface area (Å²) in [6, 6.07) is 7.05. The molecule has 1 aromatic carbocycles. The van der Waals surface area contributed by atoms with Gasteiger partial charge in [0.05, 0.1) is 0 Å². The van der Waals surface area contributed by atoms with Gasteiger partial charge in [0, 0.05) is 16.1 Å². The number of nitriles is 1. The Morgan fingerprint density at radius 3 is 2.73 bits per heavy atom. The molecule has 0 radical (unpaired) electrons. The predicted octanol–water partition coefficient (Wildman–Crippen LogP) is 4.60. The van der Waals surface area contributed by atoms with E-state index in [1.165, 1.54) is 12.5 Å². The number of halogens is 2. The van der Waals surface area contributed by atoms with E-state index in [9.17, 15) is 10.1 Å². The molecule has 0 heterocycles. The molecular weight excluding hydrogens is 319 g/mol. The van der Waals surface area contributed by atoms with E-state index in [0.717, 1.165) is 19.3 Å². The Morgan fingerprint density at radius 1 is 1.36 bits per heavy atom. The molecule has 22 heavy (non-hydrogen) atoms. The summed E-state index contributed by atoms with van der Waals surface area (Å²) in [5.74, 6) is 0.101. The fourth-order valence-corrected chi connectivity index (χ4v) is 3.16. The molecule has 2 rings (SSSR count). The van der Waals surface area contributed by atoms with E-state index in [-0.39, 0.29) is 17.5 Å². The van der Waals surface area contributed by atoms with Crippen molar-refractivity contribution in [2.75, 3.05) is 0 Å². The molecule has 0 aromatic heterocycles. The van der Waals surface area contributed by atoms with Gasteiger partial charge < -0.3 is 5.32 Å². The molecule has 0 bridgehead atoms. The Labute approximate surface area is 140 Å². The van der Waals surface area contributed by atoms with Crippen LogP contribution in [-0.4, -0.2) is 11.9 Å². The Hall–Kier alpha value is -1.50. The average molecular weight is 337 g/mol. The highest BCUT2D eigenvalue weighted by atomic mass is 35.5. The number of carbonyl (C=O) groups is 1. The van der Waals surface area contributed by atoms with Crippen molar-refractivity contribution in [3.05, 3.63) is 39.4 Å². The first-order valence-corrected chi connectivity index (χ1v) is 8.14. The molecule has 1 aliphatic rings. The van der Waals surface area contributed by atoms with Crippen molar-refractivity contribution in [3.8, 4) is 6.07 Å². The van der Waals surface area contributed by atoms with E-state index in [1.807, 2.05) is 6.07 Å². The van der Waals surface area contributed by atoms with Crippen LogP contribution in [0.1, 0.15) is 38.2 Å². The number of nitrogens with one attached hydrogen (secondary N) is 1. The summed E-state index contributed by atoms with van der Waals surface area (Å²) in [4.78, 5) is 12.3. The molecule has 1 fully saturated rings. The number of benzene rings is 1. The molecule has 0 saturated heterocycles. The zero-order valence-corrected chi connectivity index (χ0v) is 13.9. The minimum atomic E-state index is -0.340.